The van der Waals surface area contributed by atoms with Crippen molar-refractivity contribution in [3.05, 3.63) is 77.9 Å². The first-order valence-corrected chi connectivity index (χ1v) is 7.51. The largest absolute Gasteiger partial charge is 0.327 e. The first-order valence-electron chi connectivity index (χ1n) is 6.88. The van der Waals surface area contributed by atoms with Gasteiger partial charge in [-0.2, -0.15) is 12.6 Å². The van der Waals surface area contributed by atoms with Crippen LogP contribution < -0.4 is 5.73 Å². The van der Waals surface area contributed by atoms with Gasteiger partial charge >= 0.3 is 0 Å². The van der Waals surface area contributed by atoms with E-state index in [-0.39, 0.29) is 6.04 Å². The van der Waals surface area contributed by atoms with Crippen LogP contribution in [0, 0.1) is 0 Å². The van der Waals surface area contributed by atoms with E-state index in [1.165, 1.54) is 16.7 Å². The fourth-order valence-electron chi connectivity index (χ4n) is 2.24. The Bertz CT molecular complexity index is 567. The lowest BCUT2D eigenvalue weighted by Gasteiger charge is -2.12. The molecule has 104 valence electrons. The van der Waals surface area contributed by atoms with Gasteiger partial charge in [0.25, 0.3) is 0 Å². The Morgan fingerprint density at radius 3 is 2.95 bits per heavy atom. The van der Waals surface area contributed by atoms with Crippen molar-refractivity contribution in [3.8, 4) is 0 Å². The number of rotatable bonds is 5. The maximum Gasteiger partial charge on any atom is 0.0168 e. The molecule has 2 rings (SSSR count). The average Bonchev–Trinajstić information content (AvgIpc) is 2.75. The Kier molecular flexibility index (Phi) is 5.45. The zero-order chi connectivity index (χ0) is 14.4. The van der Waals surface area contributed by atoms with Crippen molar-refractivity contribution in [2.75, 3.05) is 5.75 Å². The van der Waals surface area contributed by atoms with E-state index in [0.717, 1.165) is 18.4 Å². The summed E-state index contributed by atoms with van der Waals surface area (Å²) in [5.74, 6) is 0.700. The maximum atomic E-state index is 5.97. The summed E-state index contributed by atoms with van der Waals surface area (Å²) in [6.07, 6.45) is 12.2. The van der Waals surface area contributed by atoms with Crippen LogP contribution in [0.15, 0.2) is 66.8 Å². The molecule has 1 aliphatic rings. The van der Waals surface area contributed by atoms with Crippen LogP contribution in [0.3, 0.4) is 0 Å². The molecule has 1 nitrogen and oxygen atoms in total. The molecule has 2 N–H and O–H groups in total. The van der Waals surface area contributed by atoms with Gasteiger partial charge in [0.15, 0.2) is 0 Å². The molecule has 0 bridgehead atoms. The SMILES string of the molecule is C=C(C1=CC=CC=CC1)c1cccc(CC(N)CS)c1. The zero-order valence-electron chi connectivity index (χ0n) is 11.6. The molecule has 0 radical (unpaired) electrons. The Morgan fingerprint density at radius 1 is 1.30 bits per heavy atom. The minimum Gasteiger partial charge on any atom is -0.327 e. The number of benzene rings is 1. The molecule has 0 saturated heterocycles. The van der Waals surface area contributed by atoms with E-state index in [2.05, 4.69) is 67.8 Å². The lowest BCUT2D eigenvalue weighted by atomic mass is 9.94. The van der Waals surface area contributed by atoms with Gasteiger partial charge in [-0.1, -0.05) is 61.2 Å². The second kappa shape index (κ2) is 7.32. The Labute approximate surface area is 127 Å². The quantitative estimate of drug-likeness (QED) is 0.786. The number of nitrogens with two attached hydrogens (primary N) is 1. The molecule has 1 unspecified atom stereocenters. The van der Waals surface area contributed by atoms with E-state index in [4.69, 9.17) is 5.73 Å². The summed E-state index contributed by atoms with van der Waals surface area (Å²) in [6, 6.07) is 8.58. The lowest BCUT2D eigenvalue weighted by Crippen LogP contribution is -2.24. The highest BCUT2D eigenvalue weighted by atomic mass is 32.1. The predicted molar refractivity (Wildman–Crippen MR) is 92.0 cm³/mol. The van der Waals surface area contributed by atoms with Crippen molar-refractivity contribution in [1.82, 2.24) is 0 Å². The third-order valence-electron chi connectivity index (χ3n) is 3.39. The summed E-state index contributed by atoms with van der Waals surface area (Å²) in [6.45, 7) is 4.25. The van der Waals surface area contributed by atoms with E-state index in [0.29, 0.717) is 5.75 Å². The molecule has 20 heavy (non-hydrogen) atoms. The molecule has 0 saturated carbocycles. The summed E-state index contributed by atoms with van der Waals surface area (Å²) in [7, 11) is 0. The van der Waals surface area contributed by atoms with Gasteiger partial charge in [-0.3, -0.25) is 0 Å². The highest BCUT2D eigenvalue weighted by molar-refractivity contribution is 7.80. The minimum atomic E-state index is 0.102. The summed E-state index contributed by atoms with van der Waals surface area (Å²) < 4.78 is 0. The van der Waals surface area contributed by atoms with E-state index in [9.17, 15) is 0 Å². The summed E-state index contributed by atoms with van der Waals surface area (Å²) in [5.41, 5.74) is 10.7. The summed E-state index contributed by atoms with van der Waals surface area (Å²) >= 11 is 4.24. The molecule has 2 heteroatoms. The van der Waals surface area contributed by atoms with Crippen LogP contribution >= 0.6 is 12.6 Å². The van der Waals surface area contributed by atoms with Crippen LogP contribution in [0.1, 0.15) is 17.5 Å². The molecule has 1 aromatic carbocycles. The normalized spacial score (nSPS) is 15.6. The lowest BCUT2D eigenvalue weighted by molar-refractivity contribution is 0.750. The van der Waals surface area contributed by atoms with Gasteiger partial charge in [0.1, 0.15) is 0 Å². The summed E-state index contributed by atoms with van der Waals surface area (Å²) in [4.78, 5) is 0. The number of hydrogen-bond donors (Lipinski definition) is 2. The fraction of sp³-hybridized carbons (Fsp3) is 0.222. The van der Waals surface area contributed by atoms with Crippen molar-refractivity contribution in [1.29, 1.82) is 0 Å². The second-order valence-electron chi connectivity index (χ2n) is 5.03. The predicted octanol–water partition coefficient (Wildman–Crippen LogP) is 3.94. The number of thiol groups is 1. The molecule has 1 atom stereocenters. The first kappa shape index (κ1) is 14.9. The third kappa shape index (κ3) is 3.99. The van der Waals surface area contributed by atoms with Gasteiger partial charge in [-0.05, 0) is 35.1 Å². The zero-order valence-corrected chi connectivity index (χ0v) is 12.5. The summed E-state index contributed by atoms with van der Waals surface area (Å²) in [5, 5.41) is 0. The monoisotopic (exact) mass is 283 g/mol. The molecular formula is C18H21NS. The molecule has 0 heterocycles. The Morgan fingerprint density at radius 2 is 2.15 bits per heavy atom. The van der Waals surface area contributed by atoms with E-state index in [1.54, 1.807) is 0 Å². The fourth-order valence-corrected chi connectivity index (χ4v) is 2.37. The van der Waals surface area contributed by atoms with Crippen LogP contribution in [0.4, 0.5) is 0 Å². The van der Waals surface area contributed by atoms with Gasteiger partial charge in [-0.15, -0.1) is 0 Å². The standard InChI is InChI=1S/C18H21NS/c1-14(16-8-4-2-3-5-9-16)17-10-6-7-15(11-17)12-18(19)13-20/h2-8,10-11,18,20H,1,9,12-13,19H2. The van der Waals surface area contributed by atoms with Crippen molar-refractivity contribution < 1.29 is 0 Å². The average molecular weight is 283 g/mol. The van der Waals surface area contributed by atoms with Crippen molar-refractivity contribution in [3.63, 3.8) is 0 Å². The van der Waals surface area contributed by atoms with Crippen LogP contribution in [0.5, 0.6) is 0 Å². The van der Waals surface area contributed by atoms with E-state index < -0.39 is 0 Å². The third-order valence-corrected chi connectivity index (χ3v) is 3.86. The van der Waals surface area contributed by atoms with Gasteiger partial charge in [0.2, 0.25) is 0 Å². The van der Waals surface area contributed by atoms with Crippen molar-refractivity contribution in [2.24, 2.45) is 5.73 Å². The first-order chi connectivity index (χ1) is 9.70. The highest BCUT2D eigenvalue weighted by Gasteiger charge is 2.07. The van der Waals surface area contributed by atoms with Gasteiger partial charge < -0.3 is 5.73 Å². The molecule has 0 aromatic heterocycles. The molecule has 1 aliphatic carbocycles. The maximum absolute atomic E-state index is 5.97. The van der Waals surface area contributed by atoms with Gasteiger partial charge in [0, 0.05) is 11.8 Å². The number of hydrogen-bond acceptors (Lipinski definition) is 2. The Balaban J connectivity index is 2.18. The molecule has 0 fully saturated rings. The van der Waals surface area contributed by atoms with Crippen LogP contribution in [-0.4, -0.2) is 11.8 Å². The van der Waals surface area contributed by atoms with Gasteiger partial charge in [0.05, 0.1) is 0 Å². The molecule has 0 spiro atoms. The van der Waals surface area contributed by atoms with Crippen LogP contribution in [-0.2, 0) is 6.42 Å². The molecule has 0 aliphatic heterocycles. The molecule has 1 aromatic rings. The highest BCUT2D eigenvalue weighted by Crippen LogP contribution is 2.26. The van der Waals surface area contributed by atoms with Crippen LogP contribution in [0.25, 0.3) is 5.57 Å². The topological polar surface area (TPSA) is 26.0 Å². The van der Waals surface area contributed by atoms with E-state index >= 15 is 0 Å². The smallest absolute Gasteiger partial charge is 0.0168 e. The Hall–Kier alpha value is -1.51. The minimum absolute atomic E-state index is 0.102. The van der Waals surface area contributed by atoms with E-state index in [1.807, 2.05) is 6.08 Å². The molecular weight excluding hydrogens is 262 g/mol. The molecule has 0 amide bonds. The number of allylic oxidation sites excluding steroid dienone is 7. The second-order valence-corrected chi connectivity index (χ2v) is 5.40. The van der Waals surface area contributed by atoms with Crippen LogP contribution in [0.2, 0.25) is 0 Å². The van der Waals surface area contributed by atoms with Gasteiger partial charge in [-0.25, -0.2) is 0 Å². The van der Waals surface area contributed by atoms with Crippen molar-refractivity contribution >= 4 is 18.2 Å². The van der Waals surface area contributed by atoms with Crippen molar-refractivity contribution in [2.45, 2.75) is 18.9 Å².